The molecule has 0 spiro atoms. The molecule has 0 saturated heterocycles. The number of benzene rings is 1. The second kappa shape index (κ2) is 10.6. The number of carbonyl (C=O) groups excluding carboxylic acids is 1. The van der Waals surface area contributed by atoms with E-state index in [1.807, 2.05) is 79.7 Å². The summed E-state index contributed by atoms with van der Waals surface area (Å²) >= 11 is 0. The maximum absolute atomic E-state index is 11.6. The van der Waals surface area contributed by atoms with Crippen molar-refractivity contribution in [2.24, 2.45) is 0 Å². The standard InChI is InChI=1S/C13H18O2.2C2H6/c1-10-7-5-6-8-11(10)9-12(14)15-13(2,3)4;2*1-2/h5-8H,9H2,1-4H3;2*1-2H3. The van der Waals surface area contributed by atoms with Gasteiger partial charge in [-0.1, -0.05) is 52.0 Å². The minimum atomic E-state index is -0.403. The number of esters is 1. The van der Waals surface area contributed by atoms with E-state index in [2.05, 4.69) is 0 Å². The lowest BCUT2D eigenvalue weighted by Gasteiger charge is -2.19. The van der Waals surface area contributed by atoms with Gasteiger partial charge < -0.3 is 4.74 Å². The molecule has 0 heterocycles. The molecule has 0 amide bonds. The molecule has 0 radical (unpaired) electrons. The summed E-state index contributed by atoms with van der Waals surface area (Å²) in [5.74, 6) is -0.170. The zero-order chi connectivity index (χ0) is 15.5. The van der Waals surface area contributed by atoms with E-state index in [1.54, 1.807) is 0 Å². The second-order valence-electron chi connectivity index (χ2n) is 4.69. The average Bonchev–Trinajstić information content (AvgIpc) is 2.35. The molecule has 0 N–H and O–H groups in total. The van der Waals surface area contributed by atoms with E-state index in [9.17, 15) is 4.79 Å². The van der Waals surface area contributed by atoms with Gasteiger partial charge in [-0.05, 0) is 38.8 Å². The third-order valence-corrected chi connectivity index (χ3v) is 2.02. The number of aryl methyl sites for hydroxylation is 1. The molecule has 0 atom stereocenters. The largest absolute Gasteiger partial charge is 0.460 e. The van der Waals surface area contributed by atoms with E-state index in [-0.39, 0.29) is 5.97 Å². The predicted octanol–water partition coefficient (Wildman–Crippen LogP) is 4.93. The highest BCUT2D eigenvalue weighted by atomic mass is 16.6. The van der Waals surface area contributed by atoms with Crippen LogP contribution in [0.4, 0.5) is 0 Å². The molecule has 0 unspecified atom stereocenters. The summed E-state index contributed by atoms with van der Waals surface area (Å²) in [4.78, 5) is 11.6. The molecular formula is C17H30O2. The first-order valence-electron chi connectivity index (χ1n) is 7.15. The summed E-state index contributed by atoms with van der Waals surface area (Å²) in [6, 6.07) is 7.86. The maximum Gasteiger partial charge on any atom is 0.310 e. The van der Waals surface area contributed by atoms with Crippen molar-refractivity contribution < 1.29 is 9.53 Å². The van der Waals surface area contributed by atoms with Crippen molar-refractivity contribution in [1.82, 2.24) is 0 Å². The van der Waals surface area contributed by atoms with Crippen molar-refractivity contribution in [3.8, 4) is 0 Å². The Morgan fingerprint density at radius 1 is 1.05 bits per heavy atom. The number of carbonyl (C=O) groups is 1. The van der Waals surface area contributed by atoms with Gasteiger partial charge in [0.2, 0.25) is 0 Å². The van der Waals surface area contributed by atoms with Gasteiger partial charge in [0.1, 0.15) is 5.60 Å². The Labute approximate surface area is 119 Å². The van der Waals surface area contributed by atoms with Gasteiger partial charge in [-0.15, -0.1) is 0 Å². The van der Waals surface area contributed by atoms with E-state index < -0.39 is 5.60 Å². The van der Waals surface area contributed by atoms with Gasteiger partial charge in [0.05, 0.1) is 6.42 Å². The highest BCUT2D eigenvalue weighted by molar-refractivity contribution is 5.73. The lowest BCUT2D eigenvalue weighted by atomic mass is 10.1. The molecule has 0 fully saturated rings. The minimum absolute atomic E-state index is 0.170. The first-order valence-corrected chi connectivity index (χ1v) is 7.15. The molecule has 1 aromatic rings. The zero-order valence-electron chi connectivity index (χ0n) is 13.8. The summed E-state index contributed by atoms with van der Waals surface area (Å²) < 4.78 is 5.26. The number of rotatable bonds is 2. The fraction of sp³-hybridized carbons (Fsp3) is 0.588. The first kappa shape index (κ1) is 20.0. The van der Waals surface area contributed by atoms with E-state index in [0.29, 0.717) is 6.42 Å². The van der Waals surface area contributed by atoms with Crippen LogP contribution in [0, 0.1) is 6.92 Å². The molecule has 2 heteroatoms. The van der Waals surface area contributed by atoms with Crippen molar-refractivity contribution in [3.05, 3.63) is 35.4 Å². The van der Waals surface area contributed by atoms with Gasteiger partial charge in [-0.2, -0.15) is 0 Å². The number of ether oxygens (including phenoxy) is 1. The van der Waals surface area contributed by atoms with Crippen LogP contribution in [-0.4, -0.2) is 11.6 Å². The van der Waals surface area contributed by atoms with Gasteiger partial charge in [-0.25, -0.2) is 0 Å². The van der Waals surface area contributed by atoms with Crippen LogP contribution in [0.5, 0.6) is 0 Å². The quantitative estimate of drug-likeness (QED) is 0.709. The van der Waals surface area contributed by atoms with Gasteiger partial charge in [-0.3, -0.25) is 4.79 Å². The van der Waals surface area contributed by atoms with Crippen LogP contribution in [0.15, 0.2) is 24.3 Å². The molecule has 0 aliphatic carbocycles. The Balaban J connectivity index is 0. The van der Waals surface area contributed by atoms with Crippen LogP contribution in [0.2, 0.25) is 0 Å². The Kier molecular flexibility index (Phi) is 11.2. The minimum Gasteiger partial charge on any atom is -0.460 e. The fourth-order valence-electron chi connectivity index (χ4n) is 1.34. The van der Waals surface area contributed by atoms with Gasteiger partial charge >= 0.3 is 5.97 Å². The van der Waals surface area contributed by atoms with E-state index in [4.69, 9.17) is 4.74 Å². The molecule has 1 rings (SSSR count). The molecule has 0 aromatic heterocycles. The van der Waals surface area contributed by atoms with Crippen LogP contribution in [0.25, 0.3) is 0 Å². The first-order chi connectivity index (χ1) is 8.88. The van der Waals surface area contributed by atoms with Crippen molar-refractivity contribution in [2.45, 2.75) is 67.4 Å². The Bertz CT molecular complexity index is 349. The molecule has 0 aliphatic rings. The maximum atomic E-state index is 11.6. The molecule has 0 aliphatic heterocycles. The van der Waals surface area contributed by atoms with Crippen LogP contribution < -0.4 is 0 Å². The van der Waals surface area contributed by atoms with Crippen LogP contribution >= 0.6 is 0 Å². The molecule has 0 saturated carbocycles. The Morgan fingerprint density at radius 2 is 1.53 bits per heavy atom. The monoisotopic (exact) mass is 266 g/mol. The SMILES string of the molecule is CC.CC.Cc1ccccc1CC(=O)OC(C)(C)C. The third kappa shape index (κ3) is 10.3. The summed E-state index contributed by atoms with van der Waals surface area (Å²) in [6.45, 7) is 15.6. The smallest absolute Gasteiger partial charge is 0.310 e. The van der Waals surface area contributed by atoms with E-state index >= 15 is 0 Å². The summed E-state index contributed by atoms with van der Waals surface area (Å²) in [7, 11) is 0. The van der Waals surface area contributed by atoms with Crippen molar-refractivity contribution in [1.29, 1.82) is 0 Å². The summed E-state index contributed by atoms with van der Waals surface area (Å²) in [5, 5.41) is 0. The van der Waals surface area contributed by atoms with Gasteiger partial charge in [0, 0.05) is 0 Å². The van der Waals surface area contributed by atoms with Crippen molar-refractivity contribution in [2.75, 3.05) is 0 Å². The molecular weight excluding hydrogens is 236 g/mol. The van der Waals surface area contributed by atoms with Gasteiger partial charge in [0.25, 0.3) is 0 Å². The number of hydrogen-bond acceptors (Lipinski definition) is 2. The zero-order valence-corrected chi connectivity index (χ0v) is 13.8. The summed E-state index contributed by atoms with van der Waals surface area (Å²) in [6.07, 6.45) is 0.351. The Morgan fingerprint density at radius 3 is 1.95 bits per heavy atom. The third-order valence-electron chi connectivity index (χ3n) is 2.02. The van der Waals surface area contributed by atoms with E-state index in [0.717, 1.165) is 11.1 Å². The fourth-order valence-corrected chi connectivity index (χ4v) is 1.34. The topological polar surface area (TPSA) is 26.3 Å². The predicted molar refractivity (Wildman–Crippen MR) is 83.4 cm³/mol. The highest BCUT2D eigenvalue weighted by Gasteiger charge is 2.16. The molecule has 0 bridgehead atoms. The van der Waals surface area contributed by atoms with Crippen LogP contribution in [0.3, 0.4) is 0 Å². The van der Waals surface area contributed by atoms with Crippen molar-refractivity contribution >= 4 is 5.97 Å². The molecule has 2 nitrogen and oxygen atoms in total. The lowest BCUT2D eigenvalue weighted by molar-refractivity contribution is -0.153. The van der Waals surface area contributed by atoms with Crippen LogP contribution in [0.1, 0.15) is 59.6 Å². The average molecular weight is 266 g/mol. The number of hydrogen-bond donors (Lipinski definition) is 0. The molecule has 19 heavy (non-hydrogen) atoms. The summed E-state index contributed by atoms with van der Waals surface area (Å²) in [5.41, 5.74) is 1.76. The van der Waals surface area contributed by atoms with Gasteiger partial charge in [0.15, 0.2) is 0 Å². The Hall–Kier alpha value is -1.31. The van der Waals surface area contributed by atoms with Crippen LogP contribution in [-0.2, 0) is 16.0 Å². The van der Waals surface area contributed by atoms with Crippen molar-refractivity contribution in [3.63, 3.8) is 0 Å². The molecule has 1 aromatic carbocycles. The normalized spacial score (nSPS) is 9.47. The lowest BCUT2D eigenvalue weighted by Crippen LogP contribution is -2.25. The highest BCUT2D eigenvalue weighted by Crippen LogP contribution is 2.12. The van der Waals surface area contributed by atoms with E-state index in [1.165, 1.54) is 0 Å². The molecule has 110 valence electrons. The second-order valence-corrected chi connectivity index (χ2v) is 4.69.